The van der Waals surface area contributed by atoms with Gasteiger partial charge >= 0.3 is 12.0 Å². The number of hydrogen-bond acceptors (Lipinski definition) is 7. The van der Waals surface area contributed by atoms with Gasteiger partial charge in [-0.2, -0.15) is 0 Å². The molecular weight excluding hydrogens is 558 g/mol. The minimum Gasteiger partial charge on any atom is -0.459 e. The fraction of sp³-hybridized carbons (Fsp3) is 0.516. The molecule has 6 rings (SSSR count). The highest BCUT2D eigenvalue weighted by molar-refractivity contribution is 6.35. The standard InChI is InChI=1S/C31H38ClN5O5/c1-18-15-40-8-7-37(18)30(39)36-6-5-19-9-20(21-11-23-25(32)13-34-28(23)33-12-21)10-22(24(19)14-36)26-16-41-17-27(35-26)29(38)42-31(2,3)4/h9-13,18,26-27,35H,5-8,14-17H2,1-4H3,(H,33,34)/t18-,26-,27?/m0/s1. The molecule has 2 fully saturated rings. The van der Waals surface area contributed by atoms with E-state index >= 15 is 0 Å². The zero-order valence-electron chi connectivity index (χ0n) is 24.5. The van der Waals surface area contributed by atoms with Gasteiger partial charge < -0.3 is 29.0 Å². The summed E-state index contributed by atoms with van der Waals surface area (Å²) in [5.41, 5.74) is 5.32. The molecule has 3 aliphatic rings. The lowest BCUT2D eigenvalue weighted by atomic mass is 9.87. The van der Waals surface area contributed by atoms with Crippen LogP contribution in [0.5, 0.6) is 0 Å². The van der Waals surface area contributed by atoms with Gasteiger partial charge in [-0.25, -0.2) is 9.78 Å². The number of ether oxygens (including phenoxy) is 3. The molecule has 3 atom stereocenters. The van der Waals surface area contributed by atoms with Crippen LogP contribution in [0.3, 0.4) is 0 Å². The van der Waals surface area contributed by atoms with E-state index < -0.39 is 11.6 Å². The maximum atomic E-state index is 13.6. The summed E-state index contributed by atoms with van der Waals surface area (Å²) in [5.74, 6) is -0.341. The van der Waals surface area contributed by atoms with Crippen LogP contribution >= 0.6 is 11.6 Å². The number of nitrogens with zero attached hydrogens (tertiary/aromatic N) is 3. The predicted octanol–water partition coefficient (Wildman–Crippen LogP) is 4.45. The Bertz CT molecular complexity index is 1500. The van der Waals surface area contributed by atoms with Crippen LogP contribution in [0.25, 0.3) is 22.2 Å². The molecule has 3 aromatic rings. The number of halogens is 1. The smallest absolute Gasteiger partial charge is 0.326 e. The van der Waals surface area contributed by atoms with E-state index in [1.165, 1.54) is 5.56 Å². The van der Waals surface area contributed by atoms with Gasteiger partial charge in [0, 0.05) is 43.0 Å². The minimum atomic E-state index is -0.604. The number of morpholine rings is 2. The number of benzene rings is 1. The maximum absolute atomic E-state index is 13.6. The number of rotatable bonds is 3. The lowest BCUT2D eigenvalue weighted by Crippen LogP contribution is -2.53. The molecule has 224 valence electrons. The highest BCUT2D eigenvalue weighted by Crippen LogP contribution is 2.36. The van der Waals surface area contributed by atoms with E-state index in [4.69, 9.17) is 25.8 Å². The second kappa shape index (κ2) is 11.5. The first-order valence-corrected chi connectivity index (χ1v) is 14.9. The van der Waals surface area contributed by atoms with E-state index in [0.29, 0.717) is 50.9 Å². The fourth-order valence-corrected chi connectivity index (χ4v) is 6.19. The van der Waals surface area contributed by atoms with Crippen molar-refractivity contribution in [1.29, 1.82) is 0 Å². The van der Waals surface area contributed by atoms with Gasteiger partial charge in [-0.15, -0.1) is 0 Å². The molecule has 2 amide bonds. The molecular formula is C31H38ClN5O5. The van der Waals surface area contributed by atoms with E-state index in [0.717, 1.165) is 33.3 Å². The number of carbonyl (C=O) groups is 2. The van der Waals surface area contributed by atoms with Crippen molar-refractivity contribution in [3.05, 3.63) is 52.3 Å². The molecule has 2 N–H and O–H groups in total. The van der Waals surface area contributed by atoms with Gasteiger partial charge in [0.25, 0.3) is 0 Å². The second-order valence-electron chi connectivity index (χ2n) is 12.4. The summed E-state index contributed by atoms with van der Waals surface area (Å²) in [6.07, 6.45) is 4.29. The summed E-state index contributed by atoms with van der Waals surface area (Å²) in [5, 5.41) is 4.97. The van der Waals surface area contributed by atoms with Crippen LogP contribution in [0.1, 0.15) is 50.4 Å². The normalized spacial score (nSPS) is 23.1. The molecule has 3 aliphatic heterocycles. The van der Waals surface area contributed by atoms with Crippen LogP contribution in [-0.2, 0) is 32.0 Å². The van der Waals surface area contributed by atoms with Crippen LogP contribution in [0, 0.1) is 0 Å². The monoisotopic (exact) mass is 595 g/mol. The topological polar surface area (TPSA) is 109 Å². The van der Waals surface area contributed by atoms with Crippen molar-refractivity contribution in [3.8, 4) is 11.1 Å². The summed E-state index contributed by atoms with van der Waals surface area (Å²) in [6, 6.07) is 5.55. The van der Waals surface area contributed by atoms with Crippen molar-refractivity contribution >= 4 is 34.6 Å². The van der Waals surface area contributed by atoms with E-state index in [1.54, 1.807) is 6.20 Å². The molecule has 0 saturated carbocycles. The van der Waals surface area contributed by atoms with Crippen LogP contribution in [-0.4, -0.2) is 89.0 Å². The average molecular weight is 596 g/mol. The summed E-state index contributed by atoms with van der Waals surface area (Å²) in [4.78, 5) is 38.1. The third-order valence-corrected chi connectivity index (χ3v) is 8.43. The number of nitrogens with one attached hydrogen (secondary N) is 2. The van der Waals surface area contributed by atoms with E-state index in [1.807, 2.05) is 49.8 Å². The van der Waals surface area contributed by atoms with Crippen molar-refractivity contribution in [1.82, 2.24) is 25.1 Å². The first-order valence-electron chi connectivity index (χ1n) is 14.6. The number of pyridine rings is 1. The van der Waals surface area contributed by atoms with Crippen molar-refractivity contribution in [2.24, 2.45) is 0 Å². The van der Waals surface area contributed by atoms with Crippen molar-refractivity contribution in [3.63, 3.8) is 0 Å². The average Bonchev–Trinajstić information content (AvgIpc) is 3.35. The maximum Gasteiger partial charge on any atom is 0.326 e. The molecule has 2 aromatic heterocycles. The molecule has 0 bridgehead atoms. The Hall–Kier alpha value is -3.18. The molecule has 0 spiro atoms. The largest absolute Gasteiger partial charge is 0.459 e. The number of amides is 2. The Kier molecular flexibility index (Phi) is 7.91. The quantitative estimate of drug-likeness (QED) is 0.431. The SMILES string of the molecule is C[C@H]1COCCN1C(=O)N1CCc2cc(-c3cnc4[nH]cc(Cl)c4c3)cc([C@@H]3COCC(C(=O)OC(C)(C)C)N3)c2C1. The Morgan fingerprint density at radius 3 is 2.71 bits per heavy atom. The van der Waals surface area contributed by atoms with E-state index in [2.05, 4.69) is 27.4 Å². The van der Waals surface area contributed by atoms with Gasteiger partial charge in [0.15, 0.2) is 0 Å². The summed E-state index contributed by atoms with van der Waals surface area (Å²) >= 11 is 6.42. The Morgan fingerprint density at radius 2 is 1.93 bits per heavy atom. The van der Waals surface area contributed by atoms with Gasteiger partial charge in [-0.1, -0.05) is 17.7 Å². The fourth-order valence-electron chi connectivity index (χ4n) is 5.99. The number of aromatic nitrogens is 2. The van der Waals surface area contributed by atoms with Gasteiger partial charge in [0.2, 0.25) is 0 Å². The second-order valence-corrected chi connectivity index (χ2v) is 12.8. The minimum absolute atomic E-state index is 0.0279. The molecule has 10 nitrogen and oxygen atoms in total. The Balaban J connectivity index is 1.36. The predicted molar refractivity (Wildman–Crippen MR) is 159 cm³/mol. The van der Waals surface area contributed by atoms with Crippen LogP contribution < -0.4 is 5.32 Å². The Morgan fingerprint density at radius 1 is 1.10 bits per heavy atom. The van der Waals surface area contributed by atoms with Crippen LogP contribution in [0.4, 0.5) is 4.79 Å². The molecule has 11 heteroatoms. The summed E-state index contributed by atoms with van der Waals surface area (Å²) in [7, 11) is 0. The van der Waals surface area contributed by atoms with Crippen molar-refractivity contribution in [2.45, 2.75) is 64.4 Å². The van der Waals surface area contributed by atoms with Gasteiger partial charge in [0.1, 0.15) is 17.3 Å². The van der Waals surface area contributed by atoms with Crippen molar-refractivity contribution in [2.75, 3.05) is 39.5 Å². The molecule has 0 aliphatic carbocycles. The molecule has 1 aromatic carbocycles. The summed E-state index contributed by atoms with van der Waals surface area (Å²) < 4.78 is 17.2. The highest BCUT2D eigenvalue weighted by Gasteiger charge is 2.35. The Labute approximate surface area is 250 Å². The molecule has 1 unspecified atom stereocenters. The molecule has 5 heterocycles. The molecule has 2 saturated heterocycles. The third-order valence-electron chi connectivity index (χ3n) is 8.11. The van der Waals surface area contributed by atoms with Crippen LogP contribution in [0.2, 0.25) is 5.02 Å². The third kappa shape index (κ3) is 5.86. The number of esters is 1. The number of aromatic amines is 1. The van der Waals surface area contributed by atoms with Crippen LogP contribution in [0.15, 0.2) is 30.6 Å². The molecule has 0 radical (unpaired) electrons. The van der Waals surface area contributed by atoms with Gasteiger partial charge in [0.05, 0.1) is 43.5 Å². The van der Waals surface area contributed by atoms with Gasteiger partial charge in [-0.05, 0) is 68.5 Å². The number of hydrogen-bond donors (Lipinski definition) is 2. The number of carbonyl (C=O) groups excluding carboxylic acids is 2. The van der Waals surface area contributed by atoms with E-state index in [-0.39, 0.29) is 30.7 Å². The lowest BCUT2D eigenvalue weighted by molar-refractivity contribution is -0.161. The number of fused-ring (bicyclic) bond motifs is 2. The first kappa shape index (κ1) is 28.9. The van der Waals surface area contributed by atoms with E-state index in [9.17, 15) is 9.59 Å². The number of H-pyrrole nitrogens is 1. The zero-order valence-corrected chi connectivity index (χ0v) is 25.3. The zero-order chi connectivity index (χ0) is 29.6. The van der Waals surface area contributed by atoms with Crippen molar-refractivity contribution < 1.29 is 23.8 Å². The molecule has 42 heavy (non-hydrogen) atoms. The van der Waals surface area contributed by atoms with Gasteiger partial charge in [-0.3, -0.25) is 10.1 Å². The lowest BCUT2D eigenvalue weighted by Gasteiger charge is -2.40. The number of urea groups is 1. The highest BCUT2D eigenvalue weighted by atomic mass is 35.5. The first-order chi connectivity index (χ1) is 20.1. The summed E-state index contributed by atoms with van der Waals surface area (Å²) in [6.45, 7) is 11.0.